The summed E-state index contributed by atoms with van der Waals surface area (Å²) in [4.78, 5) is 4.02. The summed E-state index contributed by atoms with van der Waals surface area (Å²) in [7, 11) is 0. The molecule has 4 nitrogen and oxygen atoms in total. The molecule has 0 aliphatic heterocycles. The number of nitrogens with two attached hydrogens (primary N) is 1. The van der Waals surface area contributed by atoms with Crippen LogP contribution < -0.4 is 5.73 Å². The first kappa shape index (κ1) is 9.54. The van der Waals surface area contributed by atoms with Crippen LogP contribution in [0, 0.1) is 0 Å². The maximum Gasteiger partial charge on any atom is 0.0679 e. The lowest BCUT2D eigenvalue weighted by molar-refractivity contribution is 0.799. The molecule has 1 saturated carbocycles. The average Bonchev–Trinajstić information content (AvgIpc) is 3.09. The Morgan fingerprint density at radius 3 is 2.69 bits per heavy atom. The quantitative estimate of drug-likeness (QED) is 0.844. The van der Waals surface area contributed by atoms with Crippen molar-refractivity contribution in [3.05, 3.63) is 42.0 Å². The normalized spacial score (nSPS) is 15.3. The predicted molar refractivity (Wildman–Crippen MR) is 61.2 cm³/mol. The molecule has 2 aromatic rings. The minimum atomic E-state index is 0.566. The molecular weight excluding hydrogens is 200 g/mol. The number of aromatic nitrogens is 3. The SMILES string of the molecule is NCc1cnn(-c2ccncc2)c1C1CC1. The standard InChI is InChI=1S/C12H14N4/c13-7-10-8-15-16(12(10)9-1-2-9)11-3-5-14-6-4-11/h3-6,8-9H,1-2,7,13H2. The van der Waals surface area contributed by atoms with Crippen LogP contribution in [0.25, 0.3) is 5.69 Å². The molecule has 0 atom stereocenters. The third kappa shape index (κ3) is 1.51. The van der Waals surface area contributed by atoms with Crippen molar-refractivity contribution in [1.29, 1.82) is 0 Å². The molecule has 0 saturated heterocycles. The molecule has 82 valence electrons. The number of hydrogen-bond donors (Lipinski definition) is 1. The Kier molecular flexibility index (Phi) is 2.22. The third-order valence-electron chi connectivity index (χ3n) is 2.98. The first-order valence-electron chi connectivity index (χ1n) is 5.57. The number of hydrogen-bond acceptors (Lipinski definition) is 3. The molecule has 3 rings (SSSR count). The Labute approximate surface area is 94.1 Å². The summed E-state index contributed by atoms with van der Waals surface area (Å²) < 4.78 is 2.00. The van der Waals surface area contributed by atoms with E-state index in [9.17, 15) is 0 Å². The lowest BCUT2D eigenvalue weighted by Gasteiger charge is -2.07. The van der Waals surface area contributed by atoms with Crippen LogP contribution in [0.15, 0.2) is 30.7 Å². The van der Waals surface area contributed by atoms with Gasteiger partial charge in [0.1, 0.15) is 0 Å². The first-order valence-corrected chi connectivity index (χ1v) is 5.57. The van der Waals surface area contributed by atoms with E-state index in [1.54, 1.807) is 12.4 Å². The molecule has 0 unspecified atom stereocenters. The predicted octanol–water partition coefficient (Wildman–Crippen LogP) is 1.60. The Morgan fingerprint density at radius 2 is 2.06 bits per heavy atom. The largest absolute Gasteiger partial charge is 0.326 e. The smallest absolute Gasteiger partial charge is 0.0679 e. The van der Waals surface area contributed by atoms with E-state index >= 15 is 0 Å². The van der Waals surface area contributed by atoms with Gasteiger partial charge in [-0.25, -0.2) is 4.68 Å². The van der Waals surface area contributed by atoms with Gasteiger partial charge in [-0.15, -0.1) is 0 Å². The molecule has 2 aromatic heterocycles. The van der Waals surface area contributed by atoms with E-state index < -0.39 is 0 Å². The van der Waals surface area contributed by atoms with Gasteiger partial charge in [-0.1, -0.05) is 0 Å². The highest BCUT2D eigenvalue weighted by atomic mass is 15.3. The molecule has 0 radical (unpaired) electrons. The highest BCUT2D eigenvalue weighted by Gasteiger charge is 2.30. The van der Waals surface area contributed by atoms with Crippen molar-refractivity contribution in [2.75, 3.05) is 0 Å². The van der Waals surface area contributed by atoms with Gasteiger partial charge in [-0.05, 0) is 25.0 Å². The van der Waals surface area contributed by atoms with E-state index in [0.29, 0.717) is 12.5 Å². The molecule has 1 aliphatic rings. The summed E-state index contributed by atoms with van der Waals surface area (Å²) in [5.74, 6) is 0.647. The Bertz CT molecular complexity index is 485. The van der Waals surface area contributed by atoms with E-state index in [1.807, 2.05) is 23.0 Å². The highest BCUT2D eigenvalue weighted by molar-refractivity contribution is 5.36. The minimum absolute atomic E-state index is 0.566. The number of pyridine rings is 1. The zero-order valence-electron chi connectivity index (χ0n) is 9.00. The number of nitrogens with zero attached hydrogens (tertiary/aromatic N) is 3. The Hall–Kier alpha value is -1.68. The van der Waals surface area contributed by atoms with Gasteiger partial charge < -0.3 is 5.73 Å². The zero-order valence-corrected chi connectivity index (χ0v) is 9.00. The van der Waals surface area contributed by atoms with Crippen molar-refractivity contribution in [2.45, 2.75) is 25.3 Å². The molecule has 2 heterocycles. The van der Waals surface area contributed by atoms with Crippen LogP contribution in [0.4, 0.5) is 0 Å². The summed E-state index contributed by atoms with van der Waals surface area (Å²) in [6, 6.07) is 3.94. The minimum Gasteiger partial charge on any atom is -0.326 e. The summed E-state index contributed by atoms with van der Waals surface area (Å²) in [5.41, 5.74) is 9.26. The van der Waals surface area contributed by atoms with Crippen LogP contribution in [-0.2, 0) is 6.54 Å². The van der Waals surface area contributed by atoms with Crippen LogP contribution in [0.5, 0.6) is 0 Å². The fraction of sp³-hybridized carbons (Fsp3) is 0.333. The summed E-state index contributed by atoms with van der Waals surface area (Å²) in [5, 5.41) is 4.43. The molecule has 4 heteroatoms. The van der Waals surface area contributed by atoms with Crippen molar-refractivity contribution in [2.24, 2.45) is 5.73 Å². The molecule has 1 aliphatic carbocycles. The van der Waals surface area contributed by atoms with Crippen molar-refractivity contribution in [3.8, 4) is 5.69 Å². The zero-order chi connectivity index (χ0) is 11.0. The van der Waals surface area contributed by atoms with Crippen molar-refractivity contribution in [1.82, 2.24) is 14.8 Å². The van der Waals surface area contributed by atoms with Gasteiger partial charge in [0.2, 0.25) is 0 Å². The topological polar surface area (TPSA) is 56.7 Å². The van der Waals surface area contributed by atoms with E-state index in [-0.39, 0.29) is 0 Å². The van der Waals surface area contributed by atoms with Gasteiger partial charge >= 0.3 is 0 Å². The van der Waals surface area contributed by atoms with Crippen LogP contribution in [0.1, 0.15) is 30.0 Å². The fourth-order valence-corrected chi connectivity index (χ4v) is 2.03. The fourth-order valence-electron chi connectivity index (χ4n) is 2.03. The molecule has 0 aromatic carbocycles. The molecule has 1 fully saturated rings. The van der Waals surface area contributed by atoms with E-state index in [4.69, 9.17) is 5.73 Å². The Morgan fingerprint density at radius 1 is 1.31 bits per heavy atom. The summed E-state index contributed by atoms with van der Waals surface area (Å²) in [6.07, 6.45) is 7.97. The van der Waals surface area contributed by atoms with Crippen molar-refractivity contribution < 1.29 is 0 Å². The second kappa shape index (κ2) is 3.72. The lowest BCUT2D eigenvalue weighted by Crippen LogP contribution is -2.04. The van der Waals surface area contributed by atoms with E-state index in [1.165, 1.54) is 24.1 Å². The van der Waals surface area contributed by atoms with Crippen LogP contribution in [0.2, 0.25) is 0 Å². The van der Waals surface area contributed by atoms with Crippen molar-refractivity contribution >= 4 is 0 Å². The molecule has 0 bridgehead atoms. The van der Waals surface area contributed by atoms with Crippen LogP contribution in [0.3, 0.4) is 0 Å². The maximum absolute atomic E-state index is 5.74. The highest BCUT2D eigenvalue weighted by Crippen LogP contribution is 2.42. The second-order valence-electron chi connectivity index (χ2n) is 4.15. The molecule has 0 spiro atoms. The van der Waals surface area contributed by atoms with Crippen LogP contribution in [-0.4, -0.2) is 14.8 Å². The van der Waals surface area contributed by atoms with Gasteiger partial charge in [0.05, 0.1) is 17.6 Å². The van der Waals surface area contributed by atoms with Crippen molar-refractivity contribution in [3.63, 3.8) is 0 Å². The van der Waals surface area contributed by atoms with Crippen LogP contribution >= 0.6 is 0 Å². The number of rotatable bonds is 3. The van der Waals surface area contributed by atoms with E-state index in [2.05, 4.69) is 10.1 Å². The molecule has 0 amide bonds. The van der Waals surface area contributed by atoms with Gasteiger partial charge in [-0.2, -0.15) is 5.10 Å². The lowest BCUT2D eigenvalue weighted by atomic mass is 10.2. The molecule has 2 N–H and O–H groups in total. The molecular formula is C12H14N4. The Balaban J connectivity index is 2.10. The van der Waals surface area contributed by atoms with Gasteiger partial charge in [0, 0.05) is 30.4 Å². The maximum atomic E-state index is 5.74. The van der Waals surface area contributed by atoms with Gasteiger partial charge in [0.25, 0.3) is 0 Å². The van der Waals surface area contributed by atoms with Gasteiger partial charge in [-0.3, -0.25) is 4.98 Å². The monoisotopic (exact) mass is 214 g/mol. The molecule has 16 heavy (non-hydrogen) atoms. The van der Waals surface area contributed by atoms with E-state index in [0.717, 1.165) is 5.69 Å². The third-order valence-corrected chi connectivity index (χ3v) is 2.98. The summed E-state index contributed by atoms with van der Waals surface area (Å²) >= 11 is 0. The first-order chi connectivity index (χ1) is 7.90. The average molecular weight is 214 g/mol. The van der Waals surface area contributed by atoms with Gasteiger partial charge in [0.15, 0.2) is 0 Å². The second-order valence-corrected chi connectivity index (χ2v) is 4.15. The summed E-state index contributed by atoms with van der Waals surface area (Å²) in [6.45, 7) is 0.566.